The van der Waals surface area contributed by atoms with Crippen LogP contribution >= 0.6 is 0 Å². The lowest BCUT2D eigenvalue weighted by atomic mass is 9.96. The average molecular weight is 550 g/mol. The molecule has 7 rings (SSSR count). The van der Waals surface area contributed by atoms with Crippen molar-refractivity contribution in [3.8, 4) is 11.1 Å². The van der Waals surface area contributed by atoms with Gasteiger partial charge in [0.25, 0.3) is 0 Å². The topological polar surface area (TPSA) is 19.6 Å². The molecule has 0 amide bonds. The van der Waals surface area contributed by atoms with Gasteiger partial charge in [-0.15, -0.1) is 0 Å². The summed E-state index contributed by atoms with van der Waals surface area (Å²) in [7, 11) is 10.8. The second-order valence-electron chi connectivity index (χ2n) is 12.8. The van der Waals surface area contributed by atoms with E-state index in [0.29, 0.717) is 17.6 Å². The maximum Gasteiger partial charge on any atom is 0.131 e. The first-order valence-electron chi connectivity index (χ1n) is 14.8. The highest BCUT2D eigenvalue weighted by Crippen LogP contribution is 2.38. The van der Waals surface area contributed by atoms with Crippen molar-refractivity contribution in [2.75, 3.05) is 35.2 Å². The minimum Gasteiger partial charge on any atom is -0.345 e. The Balaban J connectivity index is 1.17. The molecule has 0 fully saturated rings. The van der Waals surface area contributed by atoms with Crippen LogP contribution in [0.3, 0.4) is 0 Å². The molecule has 2 aromatic heterocycles. The lowest BCUT2D eigenvalue weighted by molar-refractivity contribution is 0.206. The van der Waals surface area contributed by atoms with Crippen LogP contribution in [0.1, 0.15) is 22.3 Å². The molecule has 4 heterocycles. The molecule has 0 saturated carbocycles. The number of rotatable bonds is 7. The second-order valence-corrected chi connectivity index (χ2v) is 12.8. The third-order valence-corrected chi connectivity index (χ3v) is 9.37. The van der Waals surface area contributed by atoms with Crippen LogP contribution < -0.4 is 0 Å². The summed E-state index contributed by atoms with van der Waals surface area (Å²) in [6, 6.07) is 19.8. The van der Waals surface area contributed by atoms with Crippen LogP contribution in [-0.4, -0.2) is 71.2 Å². The number of hydrogen-bond donors (Lipinski definition) is 0. The normalized spacial score (nSPS) is 18.5. The zero-order valence-corrected chi connectivity index (χ0v) is 24.9. The number of benzene rings is 3. The number of halogens is 1. The third-order valence-electron chi connectivity index (χ3n) is 9.37. The highest BCUT2D eigenvalue weighted by atomic mass is 19.1. The van der Waals surface area contributed by atoms with Gasteiger partial charge in [0.05, 0.1) is 11.0 Å². The van der Waals surface area contributed by atoms with E-state index in [2.05, 4.69) is 114 Å². The summed E-state index contributed by atoms with van der Waals surface area (Å²) in [5, 5.41) is 2.53. The molecule has 0 bridgehead atoms. The molecule has 5 nitrogen and oxygen atoms in total. The number of nitrogens with zero attached hydrogens (tertiary/aromatic N) is 5. The molecule has 6 heteroatoms. The summed E-state index contributed by atoms with van der Waals surface area (Å²) >= 11 is 0. The first kappa shape index (κ1) is 26.4. The summed E-state index contributed by atoms with van der Waals surface area (Å²) in [6.45, 7) is 3.62. The summed E-state index contributed by atoms with van der Waals surface area (Å²) in [6.07, 6.45) is 6.57. The van der Waals surface area contributed by atoms with Crippen molar-refractivity contribution in [3.05, 3.63) is 95.1 Å². The highest BCUT2D eigenvalue weighted by molar-refractivity contribution is 5.98. The lowest BCUT2D eigenvalue weighted by Gasteiger charge is -2.32. The SMILES string of the molecule is CN(C)Cc1cn2c3c(cccc13)CC(N(C)Cc1ccc(F)c(-c3cn4c5c(cccc35)C[C@H](N(C)C)C4)c1)C2. The van der Waals surface area contributed by atoms with Crippen LogP contribution in [-0.2, 0) is 39.0 Å². The molecule has 0 radical (unpaired) electrons. The Kier molecular flexibility index (Phi) is 6.53. The van der Waals surface area contributed by atoms with Crippen molar-refractivity contribution in [2.24, 2.45) is 0 Å². The van der Waals surface area contributed by atoms with Gasteiger partial charge in [0, 0.05) is 72.6 Å². The quantitative estimate of drug-likeness (QED) is 0.248. The molecule has 5 aromatic rings. The molecule has 0 aliphatic carbocycles. The van der Waals surface area contributed by atoms with E-state index < -0.39 is 0 Å². The third kappa shape index (κ3) is 4.58. The maximum absolute atomic E-state index is 15.5. The molecule has 0 spiro atoms. The Morgan fingerprint density at radius 1 is 0.732 bits per heavy atom. The van der Waals surface area contributed by atoms with Gasteiger partial charge in [-0.05, 0) is 82.5 Å². The smallest absolute Gasteiger partial charge is 0.131 e. The monoisotopic (exact) mass is 549 g/mol. The van der Waals surface area contributed by atoms with Gasteiger partial charge in [-0.2, -0.15) is 0 Å². The van der Waals surface area contributed by atoms with Crippen LogP contribution in [0.4, 0.5) is 4.39 Å². The number of para-hydroxylation sites is 2. The van der Waals surface area contributed by atoms with E-state index in [0.717, 1.165) is 55.5 Å². The minimum atomic E-state index is -0.154. The van der Waals surface area contributed by atoms with E-state index in [9.17, 15) is 0 Å². The van der Waals surface area contributed by atoms with E-state index >= 15 is 4.39 Å². The predicted octanol–water partition coefficient (Wildman–Crippen LogP) is 6.01. The number of likely N-dealkylation sites (N-methyl/N-ethyl adjacent to an activating group) is 2. The molecule has 1 unspecified atom stereocenters. The Bertz CT molecular complexity index is 1760. The molecule has 41 heavy (non-hydrogen) atoms. The molecule has 0 N–H and O–H groups in total. The van der Waals surface area contributed by atoms with Gasteiger partial charge in [0.2, 0.25) is 0 Å². The van der Waals surface area contributed by atoms with Gasteiger partial charge in [0.1, 0.15) is 5.82 Å². The maximum atomic E-state index is 15.5. The molecule has 3 aromatic carbocycles. The Hall–Kier alpha value is -3.45. The van der Waals surface area contributed by atoms with Crippen molar-refractivity contribution in [1.82, 2.24) is 23.8 Å². The van der Waals surface area contributed by atoms with Gasteiger partial charge in [0.15, 0.2) is 0 Å². The van der Waals surface area contributed by atoms with Crippen LogP contribution in [0.5, 0.6) is 0 Å². The molecule has 2 atom stereocenters. The highest BCUT2D eigenvalue weighted by Gasteiger charge is 2.27. The van der Waals surface area contributed by atoms with Crippen molar-refractivity contribution < 1.29 is 4.39 Å². The van der Waals surface area contributed by atoms with E-state index in [1.165, 1.54) is 33.1 Å². The lowest BCUT2D eigenvalue weighted by Crippen LogP contribution is -2.38. The molecule has 2 aliphatic heterocycles. The average Bonchev–Trinajstić information content (AvgIpc) is 3.49. The van der Waals surface area contributed by atoms with E-state index in [-0.39, 0.29) is 5.82 Å². The fourth-order valence-corrected chi connectivity index (χ4v) is 7.27. The van der Waals surface area contributed by atoms with E-state index in [1.54, 1.807) is 6.07 Å². The molecule has 212 valence electrons. The zero-order valence-electron chi connectivity index (χ0n) is 24.9. The Morgan fingerprint density at radius 3 is 2.12 bits per heavy atom. The van der Waals surface area contributed by atoms with Crippen LogP contribution in [0.2, 0.25) is 0 Å². The Morgan fingerprint density at radius 2 is 1.39 bits per heavy atom. The van der Waals surface area contributed by atoms with E-state index in [4.69, 9.17) is 0 Å². The Labute approximate surface area is 242 Å². The van der Waals surface area contributed by atoms with Crippen LogP contribution in [0.25, 0.3) is 32.9 Å². The number of aromatic nitrogens is 2. The summed E-state index contributed by atoms with van der Waals surface area (Å²) < 4.78 is 20.3. The van der Waals surface area contributed by atoms with Gasteiger partial charge >= 0.3 is 0 Å². The first-order valence-corrected chi connectivity index (χ1v) is 14.8. The van der Waals surface area contributed by atoms with Crippen molar-refractivity contribution in [1.29, 1.82) is 0 Å². The molecule has 2 aliphatic rings. The summed E-state index contributed by atoms with van der Waals surface area (Å²) in [5.74, 6) is -0.154. The molecule has 0 saturated heterocycles. The van der Waals surface area contributed by atoms with Gasteiger partial charge in [-0.1, -0.05) is 42.5 Å². The molecular weight excluding hydrogens is 509 g/mol. The van der Waals surface area contributed by atoms with Gasteiger partial charge < -0.3 is 18.9 Å². The van der Waals surface area contributed by atoms with Crippen molar-refractivity contribution in [2.45, 2.75) is 51.1 Å². The van der Waals surface area contributed by atoms with Crippen LogP contribution in [0, 0.1) is 5.82 Å². The second kappa shape index (κ2) is 10.1. The van der Waals surface area contributed by atoms with Crippen molar-refractivity contribution in [3.63, 3.8) is 0 Å². The van der Waals surface area contributed by atoms with Gasteiger partial charge in [-0.3, -0.25) is 4.90 Å². The van der Waals surface area contributed by atoms with Crippen molar-refractivity contribution >= 4 is 21.8 Å². The minimum absolute atomic E-state index is 0.154. The first-order chi connectivity index (χ1) is 19.8. The zero-order chi connectivity index (χ0) is 28.4. The number of hydrogen-bond acceptors (Lipinski definition) is 3. The standard InChI is InChI=1S/C35H40FN5/c1-37(2)18-26-19-40-21-28(16-25-8-6-10-29(26)34(25)40)39(5)17-23-12-13-33(36)31(14-23)32-22-41-20-27(38(3)4)15-24-9-7-11-30(32)35(24)41/h6-14,19,22,27-28H,15-18,20-21H2,1-5H3/t27-,28?/m0/s1. The molecular formula is C35H40FN5. The fourth-order valence-electron chi connectivity index (χ4n) is 7.27. The predicted molar refractivity (Wildman–Crippen MR) is 167 cm³/mol. The largest absolute Gasteiger partial charge is 0.345 e. The summed E-state index contributed by atoms with van der Waals surface area (Å²) in [5.41, 5.74) is 9.65. The van der Waals surface area contributed by atoms with Gasteiger partial charge in [-0.25, -0.2) is 4.39 Å². The fraction of sp³-hybridized carbons (Fsp3) is 0.371. The van der Waals surface area contributed by atoms with E-state index in [1.807, 2.05) is 6.07 Å². The van der Waals surface area contributed by atoms with Crippen LogP contribution in [0.15, 0.2) is 67.0 Å². The summed E-state index contributed by atoms with van der Waals surface area (Å²) in [4.78, 5) is 6.98.